The Balaban J connectivity index is 0.000000112. The Kier molecular flexibility index (Phi) is 22.7. The topological polar surface area (TPSA) is 155 Å². The van der Waals surface area contributed by atoms with E-state index in [9.17, 15) is 0 Å². The lowest BCUT2D eigenvalue weighted by Gasteiger charge is -2.11. The molecule has 22 aromatic carbocycles. The third-order valence-electron chi connectivity index (χ3n) is 27.5. The van der Waals surface area contributed by atoms with Gasteiger partial charge in [0.15, 0.2) is 52.4 Å². The fraction of sp³-hybridized carbons (Fsp3) is 0. The number of aromatic nitrogens is 9. The largest absolute Gasteiger partial charge is 0.456 e. The minimum atomic E-state index is 0.584. The van der Waals surface area contributed by atoms with Crippen LogP contribution in [0.5, 0.6) is 0 Å². The molecule has 0 atom stereocenters. The molecule has 6 aromatic heterocycles. The van der Waals surface area contributed by atoms with Crippen molar-refractivity contribution < 1.29 is 13.3 Å². The second kappa shape index (κ2) is 38.2. The second-order valence-electron chi connectivity index (χ2n) is 36.5. The first kappa shape index (κ1) is 87.3. The maximum Gasteiger partial charge on any atom is 0.164 e. The normalized spacial score (nSPS) is 11.4. The molecule has 12 nitrogen and oxygen atoms in total. The van der Waals surface area contributed by atoms with Gasteiger partial charge in [-0.1, -0.05) is 455 Å². The third kappa shape index (κ3) is 17.3. The van der Waals surface area contributed by atoms with Gasteiger partial charge in [-0.3, -0.25) is 0 Å². The van der Waals surface area contributed by atoms with Gasteiger partial charge in [-0.25, -0.2) is 44.9 Å². The highest BCUT2D eigenvalue weighted by Gasteiger charge is 2.24. The number of benzene rings is 22. The summed E-state index contributed by atoms with van der Waals surface area (Å²) < 4.78 is 19.4. The first-order valence-electron chi connectivity index (χ1n) is 49.2. The Morgan fingerprint density at radius 1 is 0.109 bits per heavy atom. The van der Waals surface area contributed by atoms with E-state index in [1.54, 1.807) is 0 Å². The van der Waals surface area contributed by atoms with Crippen LogP contribution in [0.25, 0.3) is 279 Å². The standard InChI is InChI=1S/C49H31N3O.2C43H27N3O/c1-3-11-32(12-4-1)33-21-25-37(26-22-33)47-50-48(38-27-23-36(24-28-38)41-18-9-16-34-15-7-8-17-40(34)41)52-49(51-47)39-29-30-43-45(31-39)53-44-20-10-19-42(46(43)44)35-13-5-2-6-14-35;1-3-11-28(12-4-1)29-21-23-32(24-22-29)41-44-42(46-43(45-41)36-19-9-16-30-15-7-8-17-34(30)36)33-25-26-37-39(27-33)47-38-20-10-18-35(40(37)38)31-13-5-2-6-14-31;1-3-10-28(11-4-1)30-18-21-32(22-19-30)41-44-42(34-23-20-29-12-7-8-15-33(29)26-34)46-43(45-41)35-24-25-37-39(27-35)47-38-17-9-16-36(40(37)38)31-13-5-2-6-14-31/h1-31H;2*1-27H. The molecule has 688 valence electrons. The molecule has 0 aliphatic heterocycles. The first-order chi connectivity index (χ1) is 72.8. The van der Waals surface area contributed by atoms with Crippen LogP contribution in [0.3, 0.4) is 0 Å². The molecule has 0 amide bonds. The molecule has 6 heterocycles. The summed E-state index contributed by atoms with van der Waals surface area (Å²) >= 11 is 0. The zero-order chi connectivity index (χ0) is 97.5. The van der Waals surface area contributed by atoms with Gasteiger partial charge in [0.2, 0.25) is 0 Å². The summed E-state index contributed by atoms with van der Waals surface area (Å²) in [5.41, 5.74) is 29.3. The van der Waals surface area contributed by atoms with Crippen molar-refractivity contribution in [3.8, 4) is 180 Å². The minimum absolute atomic E-state index is 0.584. The van der Waals surface area contributed by atoms with Crippen LogP contribution in [-0.4, -0.2) is 44.9 Å². The molecule has 12 heteroatoms. The highest BCUT2D eigenvalue weighted by molar-refractivity contribution is 6.16. The highest BCUT2D eigenvalue weighted by atomic mass is 16.3. The van der Waals surface area contributed by atoms with Gasteiger partial charge >= 0.3 is 0 Å². The molecule has 28 rings (SSSR count). The number of hydrogen-bond donors (Lipinski definition) is 0. The van der Waals surface area contributed by atoms with Crippen LogP contribution in [-0.2, 0) is 0 Å². The van der Waals surface area contributed by atoms with Crippen molar-refractivity contribution in [3.63, 3.8) is 0 Å². The van der Waals surface area contributed by atoms with E-state index in [2.05, 4.69) is 437 Å². The van der Waals surface area contributed by atoms with Crippen molar-refractivity contribution in [3.05, 3.63) is 516 Å². The van der Waals surface area contributed by atoms with E-state index in [-0.39, 0.29) is 0 Å². The Morgan fingerprint density at radius 3 is 0.673 bits per heavy atom. The Bertz CT molecular complexity index is 9800. The molecule has 0 aliphatic carbocycles. The number of nitrogens with zero attached hydrogens (tertiary/aromatic N) is 9. The number of rotatable bonds is 16. The van der Waals surface area contributed by atoms with Crippen molar-refractivity contribution >= 4 is 98.1 Å². The quantitative estimate of drug-likeness (QED) is 0.0904. The van der Waals surface area contributed by atoms with E-state index >= 15 is 0 Å². The third-order valence-corrected chi connectivity index (χ3v) is 27.5. The molecule has 0 aliphatic rings. The molecule has 0 saturated carbocycles. The summed E-state index contributed by atoms with van der Waals surface area (Å²) in [7, 11) is 0. The zero-order valence-electron chi connectivity index (χ0n) is 79.3. The zero-order valence-corrected chi connectivity index (χ0v) is 79.3. The molecule has 0 fully saturated rings. The van der Waals surface area contributed by atoms with E-state index in [1.165, 1.54) is 32.8 Å². The molecule has 147 heavy (non-hydrogen) atoms. The monoisotopic (exact) mass is 1880 g/mol. The summed E-state index contributed by atoms with van der Waals surface area (Å²) in [6, 6.07) is 178. The molecule has 28 aromatic rings. The summed E-state index contributed by atoms with van der Waals surface area (Å²) in [4.78, 5) is 45.4. The summed E-state index contributed by atoms with van der Waals surface area (Å²) in [6.07, 6.45) is 0. The maximum atomic E-state index is 6.48. The van der Waals surface area contributed by atoms with Gasteiger partial charge in [0.25, 0.3) is 0 Å². The highest BCUT2D eigenvalue weighted by Crippen LogP contribution is 2.45. The number of fused-ring (bicyclic) bond motifs is 12. The molecular weight excluding hydrogens is 1800 g/mol. The molecule has 0 radical (unpaired) electrons. The molecule has 0 bridgehead atoms. The lowest BCUT2D eigenvalue weighted by molar-refractivity contribution is 0.668. The predicted octanol–water partition coefficient (Wildman–Crippen LogP) is 35.4. The van der Waals surface area contributed by atoms with Crippen molar-refractivity contribution in [2.45, 2.75) is 0 Å². The minimum Gasteiger partial charge on any atom is -0.456 e. The lowest BCUT2D eigenvalue weighted by atomic mass is 9.97. The van der Waals surface area contributed by atoms with Gasteiger partial charge in [0.1, 0.15) is 33.5 Å². The van der Waals surface area contributed by atoms with E-state index < -0.39 is 0 Å². The average Bonchev–Trinajstić information content (AvgIpc) is 1.56. The van der Waals surface area contributed by atoms with Gasteiger partial charge in [-0.2, -0.15) is 0 Å². The van der Waals surface area contributed by atoms with Gasteiger partial charge in [-0.15, -0.1) is 0 Å². The van der Waals surface area contributed by atoms with Crippen LogP contribution < -0.4 is 0 Å². The summed E-state index contributed by atoms with van der Waals surface area (Å²) in [6.45, 7) is 0. The van der Waals surface area contributed by atoms with E-state index in [0.717, 1.165) is 193 Å². The molecular formula is C135H85N9O3. The summed E-state index contributed by atoms with van der Waals surface area (Å²) in [5, 5.41) is 13.5. The van der Waals surface area contributed by atoms with Crippen molar-refractivity contribution in [1.29, 1.82) is 0 Å². The Hall–Kier alpha value is -20.0. The van der Waals surface area contributed by atoms with E-state index in [0.29, 0.717) is 52.4 Å². The smallest absolute Gasteiger partial charge is 0.164 e. The average molecular weight is 1880 g/mol. The van der Waals surface area contributed by atoms with Crippen molar-refractivity contribution in [2.24, 2.45) is 0 Å². The summed E-state index contributed by atoms with van der Waals surface area (Å²) in [5.74, 6) is 5.48. The fourth-order valence-corrected chi connectivity index (χ4v) is 20.1. The first-order valence-corrected chi connectivity index (χ1v) is 49.2. The second-order valence-corrected chi connectivity index (χ2v) is 36.5. The van der Waals surface area contributed by atoms with Gasteiger partial charge in [-0.05, 0) is 171 Å². The lowest BCUT2D eigenvalue weighted by Crippen LogP contribution is -2.00. The van der Waals surface area contributed by atoms with Crippen LogP contribution in [0, 0.1) is 0 Å². The number of hydrogen-bond acceptors (Lipinski definition) is 12. The van der Waals surface area contributed by atoms with Gasteiger partial charge in [0, 0.05) is 82.4 Å². The van der Waals surface area contributed by atoms with Crippen LogP contribution in [0.15, 0.2) is 529 Å². The predicted molar refractivity (Wildman–Crippen MR) is 601 cm³/mol. The molecule has 0 saturated heterocycles. The maximum absolute atomic E-state index is 6.48. The molecule has 0 spiro atoms. The van der Waals surface area contributed by atoms with Crippen molar-refractivity contribution in [1.82, 2.24) is 44.9 Å². The molecule has 0 unspecified atom stereocenters. The van der Waals surface area contributed by atoms with Crippen LogP contribution in [0.1, 0.15) is 0 Å². The fourth-order valence-electron chi connectivity index (χ4n) is 20.1. The SMILES string of the molecule is c1ccc(-c2ccc(-c3nc(-c4ccc(-c5cccc6ccccc56)cc4)nc(-c4ccc5c(c4)oc4cccc(-c6ccccc6)c45)n3)cc2)cc1.c1ccc(-c2ccc(-c3nc(-c4ccc5c(c4)oc4cccc(-c6ccccc6)c45)nc(-c4cccc5ccccc45)n3)cc2)cc1.c1ccc(-c2ccc(-c3nc(-c4ccc5ccccc5c4)nc(-c4ccc5c(c4)oc4cccc(-c6ccccc6)c45)n3)cc2)cc1. The van der Waals surface area contributed by atoms with Crippen LogP contribution in [0.4, 0.5) is 0 Å². The van der Waals surface area contributed by atoms with Crippen molar-refractivity contribution in [2.75, 3.05) is 0 Å². The Morgan fingerprint density at radius 2 is 0.327 bits per heavy atom. The van der Waals surface area contributed by atoms with Crippen LogP contribution in [0.2, 0.25) is 0 Å². The van der Waals surface area contributed by atoms with Gasteiger partial charge < -0.3 is 13.3 Å². The van der Waals surface area contributed by atoms with E-state index in [4.69, 9.17) is 58.1 Å². The molecule has 0 N–H and O–H groups in total. The van der Waals surface area contributed by atoms with E-state index in [1.807, 2.05) is 78.9 Å². The Labute approximate surface area is 846 Å². The van der Waals surface area contributed by atoms with Crippen LogP contribution >= 0.6 is 0 Å². The van der Waals surface area contributed by atoms with Gasteiger partial charge in [0.05, 0.1) is 0 Å². The number of furan rings is 3.